The molecule has 1 heterocycles. The van der Waals surface area contributed by atoms with E-state index in [1.54, 1.807) is 0 Å². The summed E-state index contributed by atoms with van der Waals surface area (Å²) in [5, 5.41) is 0. The fourth-order valence-corrected chi connectivity index (χ4v) is 3.69. The molecule has 2 nitrogen and oxygen atoms in total. The van der Waals surface area contributed by atoms with Crippen molar-refractivity contribution >= 4 is 0 Å². The zero-order chi connectivity index (χ0) is 12.4. The fraction of sp³-hybridized carbons (Fsp3) is 0.667. The molecular formula is C15H24N2. The minimum Gasteiger partial charge on any atom is -0.321 e. The number of aromatic nitrogens is 1. The first kappa shape index (κ1) is 12.6. The average molecular weight is 232 g/mol. The van der Waals surface area contributed by atoms with Crippen molar-refractivity contribution in [2.75, 3.05) is 0 Å². The second kappa shape index (κ2) is 4.77. The lowest BCUT2D eigenvalue weighted by atomic mass is 9.52. The Morgan fingerprint density at radius 2 is 1.88 bits per heavy atom. The van der Waals surface area contributed by atoms with Gasteiger partial charge in [-0.15, -0.1) is 0 Å². The Labute approximate surface area is 105 Å². The molecule has 1 aliphatic rings. The molecule has 17 heavy (non-hydrogen) atoms. The van der Waals surface area contributed by atoms with Gasteiger partial charge in [0.2, 0.25) is 0 Å². The SMILES string of the molecule is CCCC1(CCC)CC(N)(c2cccnc2)C1. The topological polar surface area (TPSA) is 38.9 Å². The Morgan fingerprint density at radius 1 is 1.24 bits per heavy atom. The molecule has 1 fully saturated rings. The van der Waals surface area contributed by atoms with Gasteiger partial charge in [-0.3, -0.25) is 4.98 Å². The summed E-state index contributed by atoms with van der Waals surface area (Å²) in [5.41, 5.74) is 8.13. The highest BCUT2D eigenvalue weighted by Crippen LogP contribution is 2.57. The van der Waals surface area contributed by atoms with Gasteiger partial charge < -0.3 is 5.73 Å². The van der Waals surface area contributed by atoms with Gasteiger partial charge in [0.05, 0.1) is 0 Å². The molecule has 94 valence electrons. The number of hydrogen-bond acceptors (Lipinski definition) is 2. The van der Waals surface area contributed by atoms with Crippen LogP contribution in [-0.2, 0) is 5.54 Å². The quantitative estimate of drug-likeness (QED) is 0.842. The number of pyridine rings is 1. The molecule has 0 unspecified atom stereocenters. The second-order valence-electron chi connectivity index (χ2n) is 5.75. The number of hydrogen-bond donors (Lipinski definition) is 1. The highest BCUT2D eigenvalue weighted by atomic mass is 14.8. The first-order chi connectivity index (χ1) is 8.14. The van der Waals surface area contributed by atoms with Gasteiger partial charge >= 0.3 is 0 Å². The molecule has 2 N–H and O–H groups in total. The predicted octanol–water partition coefficient (Wildman–Crippen LogP) is 3.62. The van der Waals surface area contributed by atoms with Gasteiger partial charge in [0.15, 0.2) is 0 Å². The van der Waals surface area contributed by atoms with Crippen LogP contribution < -0.4 is 5.73 Å². The lowest BCUT2D eigenvalue weighted by Gasteiger charge is -2.55. The van der Waals surface area contributed by atoms with E-state index < -0.39 is 0 Å². The zero-order valence-electron chi connectivity index (χ0n) is 11.1. The van der Waals surface area contributed by atoms with E-state index >= 15 is 0 Å². The van der Waals surface area contributed by atoms with Crippen LogP contribution in [0.4, 0.5) is 0 Å². The largest absolute Gasteiger partial charge is 0.321 e. The molecular weight excluding hydrogens is 208 g/mol. The van der Waals surface area contributed by atoms with Gasteiger partial charge in [-0.2, -0.15) is 0 Å². The third kappa shape index (κ3) is 2.37. The Morgan fingerprint density at radius 3 is 2.35 bits per heavy atom. The Balaban J connectivity index is 2.09. The van der Waals surface area contributed by atoms with Crippen molar-refractivity contribution in [2.24, 2.45) is 11.1 Å². The molecule has 1 aliphatic carbocycles. The summed E-state index contributed by atoms with van der Waals surface area (Å²) in [7, 11) is 0. The van der Waals surface area contributed by atoms with Crippen LogP contribution in [-0.4, -0.2) is 4.98 Å². The van der Waals surface area contributed by atoms with Gasteiger partial charge in [-0.1, -0.05) is 32.8 Å². The van der Waals surface area contributed by atoms with Crippen LogP contribution in [0.1, 0.15) is 57.9 Å². The molecule has 1 saturated carbocycles. The van der Waals surface area contributed by atoms with Crippen LogP contribution in [0.25, 0.3) is 0 Å². The minimum absolute atomic E-state index is 0.112. The van der Waals surface area contributed by atoms with Crippen molar-refractivity contribution in [1.82, 2.24) is 4.98 Å². The lowest BCUT2D eigenvalue weighted by Crippen LogP contribution is -2.55. The van der Waals surface area contributed by atoms with Crippen LogP contribution in [0.15, 0.2) is 24.5 Å². The van der Waals surface area contributed by atoms with E-state index in [-0.39, 0.29) is 5.54 Å². The fourth-order valence-electron chi connectivity index (χ4n) is 3.69. The smallest absolute Gasteiger partial charge is 0.0435 e. The van der Waals surface area contributed by atoms with Gasteiger partial charge in [0.1, 0.15) is 0 Å². The van der Waals surface area contributed by atoms with E-state index in [0.717, 1.165) is 12.8 Å². The predicted molar refractivity (Wildman–Crippen MR) is 71.6 cm³/mol. The molecule has 1 aromatic rings. The Bertz CT molecular complexity index is 344. The summed E-state index contributed by atoms with van der Waals surface area (Å²) in [6, 6.07) is 4.11. The van der Waals surface area contributed by atoms with Crippen LogP contribution in [0.5, 0.6) is 0 Å². The Hall–Kier alpha value is -0.890. The molecule has 0 spiro atoms. The molecule has 0 bridgehead atoms. The van der Waals surface area contributed by atoms with Crippen molar-refractivity contribution in [2.45, 2.75) is 57.9 Å². The molecule has 2 heteroatoms. The van der Waals surface area contributed by atoms with Crippen molar-refractivity contribution in [1.29, 1.82) is 0 Å². The van der Waals surface area contributed by atoms with Gasteiger partial charge in [-0.25, -0.2) is 0 Å². The second-order valence-corrected chi connectivity index (χ2v) is 5.75. The summed E-state index contributed by atoms with van der Waals surface area (Å²) < 4.78 is 0. The van der Waals surface area contributed by atoms with E-state index in [1.807, 2.05) is 18.5 Å². The molecule has 0 aliphatic heterocycles. The van der Waals surface area contributed by atoms with Crippen LogP contribution in [0.2, 0.25) is 0 Å². The summed E-state index contributed by atoms with van der Waals surface area (Å²) in [5.74, 6) is 0. The van der Waals surface area contributed by atoms with E-state index in [9.17, 15) is 0 Å². The first-order valence-electron chi connectivity index (χ1n) is 6.83. The van der Waals surface area contributed by atoms with Crippen molar-refractivity contribution < 1.29 is 0 Å². The number of nitrogens with zero attached hydrogens (tertiary/aromatic N) is 1. The molecule has 0 atom stereocenters. The molecule has 0 aromatic carbocycles. The summed E-state index contributed by atoms with van der Waals surface area (Å²) in [6.07, 6.45) is 11.2. The van der Waals surface area contributed by atoms with Gasteiger partial charge in [0, 0.05) is 17.9 Å². The van der Waals surface area contributed by atoms with Crippen LogP contribution >= 0.6 is 0 Å². The van der Waals surface area contributed by atoms with Crippen LogP contribution in [0.3, 0.4) is 0 Å². The molecule has 1 aromatic heterocycles. The summed E-state index contributed by atoms with van der Waals surface area (Å²) in [6.45, 7) is 4.55. The summed E-state index contributed by atoms with van der Waals surface area (Å²) in [4.78, 5) is 4.19. The normalized spacial score (nSPS) is 20.9. The van der Waals surface area contributed by atoms with Crippen LogP contribution in [0, 0.1) is 5.41 Å². The van der Waals surface area contributed by atoms with E-state index in [0.29, 0.717) is 5.41 Å². The Kier molecular flexibility index (Phi) is 3.53. The van der Waals surface area contributed by atoms with Crippen molar-refractivity contribution in [3.05, 3.63) is 30.1 Å². The van der Waals surface area contributed by atoms with E-state index in [4.69, 9.17) is 5.73 Å². The summed E-state index contributed by atoms with van der Waals surface area (Å²) >= 11 is 0. The number of rotatable bonds is 5. The molecule has 0 saturated heterocycles. The highest BCUT2D eigenvalue weighted by Gasteiger charge is 2.51. The van der Waals surface area contributed by atoms with E-state index in [1.165, 1.54) is 31.2 Å². The third-order valence-electron chi connectivity index (χ3n) is 4.18. The lowest BCUT2D eigenvalue weighted by molar-refractivity contribution is 0.00604. The molecule has 0 radical (unpaired) electrons. The molecule has 2 rings (SSSR count). The average Bonchev–Trinajstić information content (AvgIpc) is 2.29. The van der Waals surface area contributed by atoms with Gasteiger partial charge in [0.25, 0.3) is 0 Å². The third-order valence-corrected chi connectivity index (χ3v) is 4.18. The zero-order valence-corrected chi connectivity index (χ0v) is 11.1. The maximum Gasteiger partial charge on any atom is 0.0435 e. The maximum absolute atomic E-state index is 6.52. The molecule has 0 amide bonds. The van der Waals surface area contributed by atoms with Crippen molar-refractivity contribution in [3.8, 4) is 0 Å². The monoisotopic (exact) mass is 232 g/mol. The maximum atomic E-state index is 6.52. The highest BCUT2D eigenvalue weighted by molar-refractivity contribution is 5.26. The minimum atomic E-state index is -0.112. The standard InChI is InChI=1S/C15H24N2/c1-3-7-14(8-4-2)11-15(16,12-14)13-6-5-9-17-10-13/h5-6,9-10H,3-4,7-8,11-12,16H2,1-2H3. The first-order valence-corrected chi connectivity index (χ1v) is 6.83. The van der Waals surface area contributed by atoms with Gasteiger partial charge in [-0.05, 0) is 42.7 Å². The number of nitrogens with two attached hydrogens (primary N) is 1. The van der Waals surface area contributed by atoms with Crippen molar-refractivity contribution in [3.63, 3.8) is 0 Å². The van der Waals surface area contributed by atoms with E-state index in [2.05, 4.69) is 24.9 Å².